The Balaban J connectivity index is 1.61. The number of carbonyl (C=O) groups excluding carboxylic acids is 2. The molecule has 3 N–H and O–H groups in total. The highest BCUT2D eigenvalue weighted by atomic mass is 19.1. The summed E-state index contributed by atoms with van der Waals surface area (Å²) < 4.78 is 26.9. The zero-order valence-corrected chi connectivity index (χ0v) is 16.3. The first-order chi connectivity index (χ1) is 14.4. The number of hydrogen-bond donors (Lipinski definition) is 3. The Morgan fingerprint density at radius 2 is 1.63 bits per heavy atom. The highest BCUT2D eigenvalue weighted by Crippen LogP contribution is 2.17. The van der Waals surface area contributed by atoms with E-state index in [0.29, 0.717) is 17.8 Å². The molecule has 0 atom stereocenters. The molecule has 0 aliphatic rings. The highest BCUT2D eigenvalue weighted by Gasteiger charge is 2.13. The first-order valence-electron chi connectivity index (χ1n) is 9.34. The summed E-state index contributed by atoms with van der Waals surface area (Å²) in [6, 6.07) is 17.3. The molecule has 5 nitrogen and oxygen atoms in total. The lowest BCUT2D eigenvalue weighted by Gasteiger charge is -2.13. The van der Waals surface area contributed by atoms with Gasteiger partial charge in [0.15, 0.2) is 0 Å². The largest absolute Gasteiger partial charge is 0.374 e. The first kappa shape index (κ1) is 21.0. The number of nitrogens with one attached hydrogen (secondary N) is 3. The average Bonchev–Trinajstić information content (AvgIpc) is 2.74. The van der Waals surface area contributed by atoms with Gasteiger partial charge in [0.25, 0.3) is 5.91 Å². The highest BCUT2D eigenvalue weighted by molar-refractivity contribution is 6.04. The number of halogens is 2. The van der Waals surface area contributed by atoms with Crippen molar-refractivity contribution in [1.29, 1.82) is 0 Å². The van der Waals surface area contributed by atoms with Crippen LogP contribution >= 0.6 is 0 Å². The fourth-order valence-corrected chi connectivity index (χ4v) is 2.78. The third kappa shape index (κ3) is 5.64. The third-order valence-electron chi connectivity index (χ3n) is 4.39. The zero-order chi connectivity index (χ0) is 21.5. The van der Waals surface area contributed by atoms with Crippen LogP contribution in [0.1, 0.15) is 21.5 Å². The Labute approximate surface area is 173 Å². The number of rotatable bonds is 7. The minimum Gasteiger partial charge on any atom is -0.374 e. The van der Waals surface area contributed by atoms with Crippen LogP contribution in [0, 0.1) is 18.6 Å². The van der Waals surface area contributed by atoms with Gasteiger partial charge in [-0.1, -0.05) is 42.0 Å². The molecule has 0 aliphatic heterocycles. The molecule has 0 spiro atoms. The molecule has 0 aliphatic carbocycles. The fourth-order valence-electron chi connectivity index (χ4n) is 2.78. The maximum atomic E-state index is 13.6. The molecule has 154 valence electrons. The molecule has 7 heteroatoms. The molecule has 3 aromatic carbocycles. The standard InChI is InChI=1S/C23H21F2N3O2/c1-15-6-8-16(9-7-15)13-27-23(30)18-4-2-3-5-20(18)28-22(29)14-26-21-12-17(24)10-11-19(21)25/h2-12,26H,13-14H2,1H3,(H,27,30)(H,28,29). The van der Waals surface area contributed by atoms with Gasteiger partial charge in [-0.15, -0.1) is 0 Å². The molecule has 0 unspecified atom stereocenters. The molecule has 2 amide bonds. The van der Waals surface area contributed by atoms with Crippen LogP contribution in [0.5, 0.6) is 0 Å². The summed E-state index contributed by atoms with van der Waals surface area (Å²) >= 11 is 0. The molecular weight excluding hydrogens is 388 g/mol. The van der Waals surface area contributed by atoms with Crippen LogP contribution < -0.4 is 16.0 Å². The summed E-state index contributed by atoms with van der Waals surface area (Å²) in [6.07, 6.45) is 0. The SMILES string of the molecule is Cc1ccc(CNC(=O)c2ccccc2NC(=O)CNc2cc(F)ccc2F)cc1. The third-order valence-corrected chi connectivity index (χ3v) is 4.39. The number of hydrogen-bond acceptors (Lipinski definition) is 3. The van der Waals surface area contributed by atoms with Crippen LogP contribution in [-0.4, -0.2) is 18.4 Å². The second-order valence-corrected chi connectivity index (χ2v) is 6.74. The maximum Gasteiger partial charge on any atom is 0.253 e. The Morgan fingerprint density at radius 1 is 0.900 bits per heavy atom. The minimum atomic E-state index is -0.667. The number of benzene rings is 3. The molecule has 0 saturated carbocycles. The summed E-state index contributed by atoms with van der Waals surface area (Å²) in [5.41, 5.74) is 2.59. The molecular formula is C23H21F2N3O2. The summed E-state index contributed by atoms with van der Waals surface area (Å²) in [7, 11) is 0. The molecule has 30 heavy (non-hydrogen) atoms. The Kier molecular flexibility index (Phi) is 6.75. The van der Waals surface area contributed by atoms with E-state index in [2.05, 4.69) is 16.0 Å². The molecule has 3 aromatic rings. The van der Waals surface area contributed by atoms with Crippen molar-refractivity contribution < 1.29 is 18.4 Å². The van der Waals surface area contributed by atoms with Gasteiger partial charge in [0, 0.05) is 6.54 Å². The van der Waals surface area contributed by atoms with Crippen molar-refractivity contribution in [1.82, 2.24) is 5.32 Å². The van der Waals surface area contributed by atoms with Crippen LogP contribution in [0.25, 0.3) is 0 Å². The number of amides is 2. The lowest BCUT2D eigenvalue weighted by molar-refractivity contribution is -0.114. The molecule has 0 fully saturated rings. The second kappa shape index (κ2) is 9.65. The summed E-state index contributed by atoms with van der Waals surface area (Å²) in [5.74, 6) is -2.12. The van der Waals surface area contributed by atoms with Crippen LogP contribution in [0.2, 0.25) is 0 Å². The molecule has 0 heterocycles. The molecule has 0 bridgehead atoms. The number of para-hydroxylation sites is 1. The van der Waals surface area contributed by atoms with Crippen molar-refractivity contribution in [2.45, 2.75) is 13.5 Å². The second-order valence-electron chi connectivity index (χ2n) is 6.74. The fraction of sp³-hybridized carbons (Fsp3) is 0.130. The van der Waals surface area contributed by atoms with Crippen LogP contribution in [0.4, 0.5) is 20.2 Å². The van der Waals surface area contributed by atoms with E-state index in [0.717, 1.165) is 29.3 Å². The predicted molar refractivity (Wildman–Crippen MR) is 112 cm³/mol. The number of carbonyl (C=O) groups is 2. The van der Waals surface area contributed by atoms with E-state index < -0.39 is 17.5 Å². The van der Waals surface area contributed by atoms with Gasteiger partial charge in [0.2, 0.25) is 5.91 Å². The van der Waals surface area contributed by atoms with Crippen molar-refractivity contribution in [2.75, 3.05) is 17.2 Å². The Hall–Kier alpha value is -3.74. The van der Waals surface area contributed by atoms with Gasteiger partial charge in [0.1, 0.15) is 11.6 Å². The lowest BCUT2D eigenvalue weighted by Crippen LogP contribution is -2.27. The van der Waals surface area contributed by atoms with Crippen molar-refractivity contribution in [3.8, 4) is 0 Å². The average molecular weight is 409 g/mol. The smallest absolute Gasteiger partial charge is 0.253 e. The minimum absolute atomic E-state index is 0.116. The molecule has 3 rings (SSSR count). The van der Waals surface area contributed by atoms with E-state index in [-0.39, 0.29) is 18.1 Å². The summed E-state index contributed by atoms with van der Waals surface area (Å²) in [6.45, 7) is 2.04. The van der Waals surface area contributed by atoms with Crippen LogP contribution in [0.15, 0.2) is 66.7 Å². The molecule has 0 saturated heterocycles. The molecule has 0 aromatic heterocycles. The summed E-state index contributed by atoms with van der Waals surface area (Å²) in [5, 5.41) is 7.99. The van der Waals surface area contributed by atoms with Gasteiger partial charge in [-0.25, -0.2) is 8.78 Å². The van der Waals surface area contributed by atoms with E-state index in [4.69, 9.17) is 0 Å². The normalized spacial score (nSPS) is 10.4. The van der Waals surface area contributed by atoms with E-state index in [9.17, 15) is 18.4 Å². The Morgan fingerprint density at radius 3 is 2.40 bits per heavy atom. The monoisotopic (exact) mass is 409 g/mol. The van der Waals surface area contributed by atoms with Crippen LogP contribution in [0.3, 0.4) is 0 Å². The topological polar surface area (TPSA) is 70.2 Å². The van der Waals surface area contributed by atoms with Gasteiger partial charge >= 0.3 is 0 Å². The van der Waals surface area contributed by atoms with E-state index in [1.165, 1.54) is 0 Å². The quantitative estimate of drug-likeness (QED) is 0.546. The van der Waals surface area contributed by atoms with Gasteiger partial charge in [0.05, 0.1) is 23.5 Å². The maximum absolute atomic E-state index is 13.6. The number of aryl methyl sites for hydroxylation is 1. The van der Waals surface area contributed by atoms with Crippen molar-refractivity contribution in [3.05, 3.63) is 95.1 Å². The van der Waals surface area contributed by atoms with E-state index in [1.807, 2.05) is 31.2 Å². The predicted octanol–water partition coefficient (Wildman–Crippen LogP) is 4.25. The van der Waals surface area contributed by atoms with Gasteiger partial charge in [-0.3, -0.25) is 9.59 Å². The molecule has 0 radical (unpaired) electrons. The van der Waals surface area contributed by atoms with Gasteiger partial charge < -0.3 is 16.0 Å². The zero-order valence-electron chi connectivity index (χ0n) is 16.3. The van der Waals surface area contributed by atoms with Gasteiger partial charge in [-0.2, -0.15) is 0 Å². The van der Waals surface area contributed by atoms with E-state index >= 15 is 0 Å². The van der Waals surface area contributed by atoms with Gasteiger partial charge in [-0.05, 0) is 42.8 Å². The van der Waals surface area contributed by atoms with E-state index in [1.54, 1.807) is 24.3 Å². The van der Waals surface area contributed by atoms with Crippen molar-refractivity contribution in [2.24, 2.45) is 0 Å². The van der Waals surface area contributed by atoms with Crippen molar-refractivity contribution >= 4 is 23.2 Å². The lowest BCUT2D eigenvalue weighted by atomic mass is 10.1. The first-order valence-corrected chi connectivity index (χ1v) is 9.34. The number of anilines is 2. The summed E-state index contributed by atoms with van der Waals surface area (Å²) in [4.78, 5) is 24.8. The van der Waals surface area contributed by atoms with Crippen molar-refractivity contribution in [3.63, 3.8) is 0 Å². The Bertz CT molecular complexity index is 1050. The van der Waals surface area contributed by atoms with Crippen LogP contribution in [-0.2, 0) is 11.3 Å².